The molecule has 1 N–H and O–H groups in total. The Morgan fingerprint density at radius 1 is 0.929 bits per heavy atom. The van der Waals surface area contributed by atoms with Crippen molar-refractivity contribution in [1.29, 1.82) is 0 Å². The van der Waals surface area contributed by atoms with E-state index in [0.717, 1.165) is 43.1 Å². The van der Waals surface area contributed by atoms with Crippen LogP contribution in [-0.2, 0) is 32.6 Å². The fourth-order valence-corrected chi connectivity index (χ4v) is 6.63. The molecule has 1 saturated carbocycles. The first-order valence-corrected chi connectivity index (χ1v) is 16.8. The number of carbonyl (C=O) groups is 2. The second-order valence-electron chi connectivity index (χ2n) is 10.7. The van der Waals surface area contributed by atoms with Gasteiger partial charge in [-0.25, -0.2) is 8.42 Å². The number of amides is 2. The summed E-state index contributed by atoms with van der Waals surface area (Å²) in [6.07, 6.45) is 5.78. The van der Waals surface area contributed by atoms with Gasteiger partial charge in [-0.05, 0) is 60.7 Å². The topological polar surface area (TPSA) is 86.8 Å². The molecule has 0 spiro atoms. The highest BCUT2D eigenvalue weighted by atomic mass is 35.5. The van der Waals surface area contributed by atoms with Gasteiger partial charge in [0.15, 0.2) is 0 Å². The molecule has 1 aliphatic carbocycles. The predicted molar refractivity (Wildman–Crippen MR) is 169 cm³/mol. The first-order chi connectivity index (χ1) is 20.1. The van der Waals surface area contributed by atoms with E-state index in [-0.39, 0.29) is 43.8 Å². The Labute approximate surface area is 258 Å². The van der Waals surface area contributed by atoms with Crippen LogP contribution in [0.25, 0.3) is 0 Å². The van der Waals surface area contributed by atoms with Crippen molar-refractivity contribution in [1.82, 2.24) is 10.2 Å². The zero-order valence-electron chi connectivity index (χ0n) is 23.7. The molecule has 0 heterocycles. The number of hydrogen-bond donors (Lipinski definition) is 1. The van der Waals surface area contributed by atoms with Crippen LogP contribution in [0, 0.1) is 0 Å². The third kappa shape index (κ3) is 8.96. The lowest BCUT2D eigenvalue weighted by Crippen LogP contribution is -2.52. The van der Waals surface area contributed by atoms with Crippen molar-refractivity contribution in [2.45, 2.75) is 63.6 Å². The average molecular weight is 631 g/mol. The molecule has 10 heteroatoms. The number of carbonyl (C=O) groups excluding carboxylic acids is 2. The van der Waals surface area contributed by atoms with Crippen LogP contribution in [0.15, 0.2) is 78.9 Å². The van der Waals surface area contributed by atoms with E-state index < -0.39 is 16.1 Å². The standard InChI is InChI=1S/C32H37Cl2N3O4S/c1-42(40,41)37(28-19-17-26(33)18-20-28)21-9-16-31(38)36(23-25-12-5-8-15-29(25)34)30(22-24-10-3-2-4-11-24)32(39)35-27-13-6-7-14-27/h2-5,8,10-12,15,17-20,27,30H,6-7,9,13-14,16,21-23H2,1H3,(H,35,39)/t30-/m1/s1. The molecule has 1 aliphatic rings. The summed E-state index contributed by atoms with van der Waals surface area (Å²) in [4.78, 5) is 29.4. The maximum Gasteiger partial charge on any atom is 0.243 e. The second kappa shape index (κ2) is 14.9. The van der Waals surface area contributed by atoms with Crippen molar-refractivity contribution in [2.24, 2.45) is 0 Å². The quantitative estimate of drug-likeness (QED) is 0.242. The van der Waals surface area contributed by atoms with Crippen molar-refractivity contribution in [3.05, 3.63) is 100 Å². The molecule has 1 atom stereocenters. The molecule has 0 radical (unpaired) electrons. The molecule has 7 nitrogen and oxygen atoms in total. The van der Waals surface area contributed by atoms with Gasteiger partial charge >= 0.3 is 0 Å². The zero-order valence-corrected chi connectivity index (χ0v) is 26.0. The van der Waals surface area contributed by atoms with Gasteiger partial charge in [0.2, 0.25) is 21.8 Å². The maximum atomic E-state index is 14.0. The largest absolute Gasteiger partial charge is 0.352 e. The number of benzene rings is 3. The second-order valence-corrected chi connectivity index (χ2v) is 13.5. The van der Waals surface area contributed by atoms with E-state index in [1.54, 1.807) is 35.2 Å². The molecular weight excluding hydrogens is 593 g/mol. The number of hydrogen-bond acceptors (Lipinski definition) is 4. The zero-order chi connectivity index (χ0) is 30.1. The van der Waals surface area contributed by atoms with Crippen LogP contribution < -0.4 is 9.62 Å². The highest BCUT2D eigenvalue weighted by Gasteiger charge is 2.32. The Bertz CT molecular complexity index is 1450. The lowest BCUT2D eigenvalue weighted by molar-refractivity contribution is -0.141. The van der Waals surface area contributed by atoms with Crippen molar-refractivity contribution in [3.8, 4) is 0 Å². The smallest absolute Gasteiger partial charge is 0.243 e. The highest BCUT2D eigenvalue weighted by molar-refractivity contribution is 7.92. The lowest BCUT2D eigenvalue weighted by Gasteiger charge is -2.33. The first-order valence-electron chi connectivity index (χ1n) is 14.2. The molecule has 42 heavy (non-hydrogen) atoms. The molecule has 0 aromatic heterocycles. The van der Waals surface area contributed by atoms with Gasteiger partial charge in [0, 0.05) is 42.0 Å². The molecule has 1 fully saturated rings. The van der Waals surface area contributed by atoms with Crippen molar-refractivity contribution < 1.29 is 18.0 Å². The molecule has 3 aromatic rings. The van der Waals surface area contributed by atoms with Crippen LogP contribution in [0.1, 0.15) is 49.7 Å². The van der Waals surface area contributed by atoms with E-state index in [2.05, 4.69) is 5.32 Å². The van der Waals surface area contributed by atoms with Gasteiger partial charge in [-0.15, -0.1) is 0 Å². The maximum absolute atomic E-state index is 14.0. The number of sulfonamides is 1. The van der Waals surface area contributed by atoms with E-state index >= 15 is 0 Å². The molecule has 0 unspecified atom stereocenters. The predicted octanol–water partition coefficient (Wildman–Crippen LogP) is 6.24. The Kier molecular flexibility index (Phi) is 11.3. The molecule has 224 valence electrons. The molecule has 0 saturated heterocycles. The van der Waals surface area contributed by atoms with Crippen LogP contribution in [0.4, 0.5) is 5.69 Å². The lowest BCUT2D eigenvalue weighted by atomic mass is 10.0. The third-order valence-corrected chi connectivity index (χ3v) is 9.35. The monoisotopic (exact) mass is 629 g/mol. The summed E-state index contributed by atoms with van der Waals surface area (Å²) in [5, 5.41) is 4.20. The molecule has 4 rings (SSSR count). The summed E-state index contributed by atoms with van der Waals surface area (Å²) in [6, 6.07) is 22.8. The normalized spacial score (nSPS) is 14.4. The Balaban J connectivity index is 1.59. The van der Waals surface area contributed by atoms with E-state index in [1.165, 1.54) is 4.31 Å². The fraction of sp³-hybridized carbons (Fsp3) is 0.375. The van der Waals surface area contributed by atoms with Crippen LogP contribution >= 0.6 is 23.2 Å². The van der Waals surface area contributed by atoms with Gasteiger partial charge in [0.05, 0.1) is 11.9 Å². The molecule has 0 aliphatic heterocycles. The molecule has 3 aromatic carbocycles. The average Bonchev–Trinajstić information content (AvgIpc) is 3.47. The first kappa shape index (κ1) is 31.9. The van der Waals surface area contributed by atoms with Crippen LogP contribution in [0.5, 0.6) is 0 Å². The van der Waals surface area contributed by atoms with E-state index in [4.69, 9.17) is 23.2 Å². The van der Waals surface area contributed by atoms with Gasteiger partial charge in [-0.2, -0.15) is 0 Å². The van der Waals surface area contributed by atoms with Gasteiger partial charge in [-0.1, -0.05) is 84.6 Å². The van der Waals surface area contributed by atoms with Gasteiger partial charge in [-0.3, -0.25) is 13.9 Å². The summed E-state index contributed by atoms with van der Waals surface area (Å²) in [5.74, 6) is -0.438. The summed E-state index contributed by atoms with van der Waals surface area (Å²) in [5.41, 5.74) is 2.14. The van der Waals surface area contributed by atoms with Gasteiger partial charge in [0.1, 0.15) is 6.04 Å². The van der Waals surface area contributed by atoms with E-state index in [0.29, 0.717) is 22.2 Å². The van der Waals surface area contributed by atoms with Crippen LogP contribution in [0.2, 0.25) is 10.0 Å². The number of halogens is 2. The fourth-order valence-electron chi connectivity index (χ4n) is 5.34. The van der Waals surface area contributed by atoms with Crippen molar-refractivity contribution in [3.63, 3.8) is 0 Å². The van der Waals surface area contributed by atoms with Gasteiger partial charge in [0.25, 0.3) is 0 Å². The number of nitrogens with one attached hydrogen (secondary N) is 1. The Morgan fingerprint density at radius 3 is 2.21 bits per heavy atom. The van der Waals surface area contributed by atoms with Gasteiger partial charge < -0.3 is 10.2 Å². The number of rotatable bonds is 13. The Hall–Kier alpha value is -3.07. The minimum atomic E-state index is -3.60. The summed E-state index contributed by atoms with van der Waals surface area (Å²) >= 11 is 12.5. The van der Waals surface area contributed by atoms with Crippen LogP contribution in [0.3, 0.4) is 0 Å². The number of nitrogens with zero attached hydrogens (tertiary/aromatic N) is 2. The van der Waals surface area contributed by atoms with E-state index in [1.807, 2.05) is 48.5 Å². The minimum absolute atomic E-state index is 0.0477. The Morgan fingerprint density at radius 2 is 1.57 bits per heavy atom. The summed E-state index contributed by atoms with van der Waals surface area (Å²) < 4.78 is 26.5. The SMILES string of the molecule is CS(=O)(=O)N(CCCC(=O)N(Cc1ccccc1Cl)[C@H](Cc1ccccc1)C(=O)NC1CCCC1)c1ccc(Cl)cc1. The summed E-state index contributed by atoms with van der Waals surface area (Å²) in [7, 11) is -3.60. The number of anilines is 1. The molecular formula is C32H37Cl2N3O4S. The van der Waals surface area contributed by atoms with Crippen LogP contribution in [-0.4, -0.2) is 50.0 Å². The van der Waals surface area contributed by atoms with Crippen molar-refractivity contribution in [2.75, 3.05) is 17.1 Å². The molecule has 2 amide bonds. The van der Waals surface area contributed by atoms with Crippen molar-refractivity contribution >= 4 is 50.7 Å². The minimum Gasteiger partial charge on any atom is -0.352 e. The summed E-state index contributed by atoms with van der Waals surface area (Å²) in [6.45, 7) is 0.255. The third-order valence-electron chi connectivity index (χ3n) is 7.54. The molecule has 0 bridgehead atoms. The highest BCUT2D eigenvalue weighted by Crippen LogP contribution is 2.24. The van der Waals surface area contributed by atoms with E-state index in [9.17, 15) is 18.0 Å².